The van der Waals surface area contributed by atoms with Gasteiger partial charge in [0.15, 0.2) is 0 Å². The van der Waals surface area contributed by atoms with E-state index < -0.39 is 0 Å². The fourth-order valence-corrected chi connectivity index (χ4v) is 3.75. The van der Waals surface area contributed by atoms with Crippen LogP contribution < -0.4 is 4.90 Å². The first-order chi connectivity index (χ1) is 13.2. The highest BCUT2D eigenvalue weighted by molar-refractivity contribution is 5.54. The summed E-state index contributed by atoms with van der Waals surface area (Å²) in [5.41, 5.74) is 2.74. The van der Waals surface area contributed by atoms with Crippen LogP contribution in [0.15, 0.2) is 49.1 Å². The number of nitrogens with zero attached hydrogens (tertiary/aromatic N) is 6. The van der Waals surface area contributed by atoms with Crippen molar-refractivity contribution in [3.63, 3.8) is 0 Å². The number of hydrogen-bond acceptors (Lipinski definition) is 5. The topological polar surface area (TPSA) is 70.6 Å². The van der Waals surface area contributed by atoms with Crippen molar-refractivity contribution in [1.82, 2.24) is 19.5 Å². The van der Waals surface area contributed by atoms with Crippen LogP contribution in [-0.4, -0.2) is 32.6 Å². The predicted octanol–water partition coefficient (Wildman–Crippen LogP) is 3.29. The molecule has 1 saturated heterocycles. The van der Waals surface area contributed by atoms with Crippen LogP contribution in [0.4, 0.5) is 5.82 Å². The molecule has 0 amide bonds. The Balaban J connectivity index is 1.57. The van der Waals surface area contributed by atoms with Gasteiger partial charge in [-0.25, -0.2) is 9.97 Å². The maximum Gasteiger partial charge on any atom is 0.146 e. The molecule has 4 heterocycles. The standard InChI is InChI=1S/C21H22N6/c1-16-6-7-18(12-22)21(25-16)26-10-3-5-19(15-26)20-24-9-11-27(20)14-17-4-2-8-23-13-17/h2,4,6-9,11,13,19H,3,5,10,14-15H2,1H3. The molecule has 0 saturated carbocycles. The lowest BCUT2D eigenvalue weighted by Crippen LogP contribution is -2.36. The zero-order valence-electron chi connectivity index (χ0n) is 15.4. The largest absolute Gasteiger partial charge is 0.355 e. The molecule has 6 heteroatoms. The second-order valence-corrected chi connectivity index (χ2v) is 7.00. The van der Waals surface area contributed by atoms with E-state index in [2.05, 4.69) is 36.6 Å². The van der Waals surface area contributed by atoms with E-state index in [0.29, 0.717) is 11.5 Å². The molecule has 6 nitrogen and oxygen atoms in total. The van der Waals surface area contributed by atoms with Crippen LogP contribution in [0, 0.1) is 18.3 Å². The molecule has 0 radical (unpaired) electrons. The number of rotatable bonds is 4. The summed E-state index contributed by atoms with van der Waals surface area (Å²) in [5.74, 6) is 2.21. The van der Waals surface area contributed by atoms with E-state index >= 15 is 0 Å². The van der Waals surface area contributed by atoms with Crippen molar-refractivity contribution >= 4 is 5.82 Å². The van der Waals surface area contributed by atoms with Gasteiger partial charge in [-0.2, -0.15) is 5.26 Å². The predicted molar refractivity (Wildman–Crippen MR) is 103 cm³/mol. The Morgan fingerprint density at radius 2 is 2.19 bits per heavy atom. The summed E-state index contributed by atoms with van der Waals surface area (Å²) in [6.07, 6.45) is 9.74. The highest BCUT2D eigenvalue weighted by Crippen LogP contribution is 2.30. The normalized spacial score (nSPS) is 16.9. The SMILES string of the molecule is Cc1ccc(C#N)c(N2CCCC(c3nccn3Cc3cccnc3)C2)n1. The van der Waals surface area contributed by atoms with Crippen molar-refractivity contribution < 1.29 is 0 Å². The van der Waals surface area contributed by atoms with Crippen LogP contribution in [0.1, 0.15) is 41.4 Å². The van der Waals surface area contributed by atoms with Gasteiger partial charge in [0.2, 0.25) is 0 Å². The average Bonchev–Trinajstić information content (AvgIpc) is 3.17. The van der Waals surface area contributed by atoms with Gasteiger partial charge in [0.05, 0.1) is 12.1 Å². The fraction of sp³-hybridized carbons (Fsp3) is 0.333. The van der Waals surface area contributed by atoms with Gasteiger partial charge in [0, 0.05) is 49.5 Å². The number of piperidine rings is 1. The van der Waals surface area contributed by atoms with Gasteiger partial charge in [-0.15, -0.1) is 0 Å². The molecule has 1 fully saturated rings. The first kappa shape index (κ1) is 17.2. The number of anilines is 1. The van der Waals surface area contributed by atoms with E-state index in [1.807, 2.05) is 43.7 Å². The third-order valence-corrected chi connectivity index (χ3v) is 5.04. The van der Waals surface area contributed by atoms with Crippen LogP contribution in [0.5, 0.6) is 0 Å². The van der Waals surface area contributed by atoms with Crippen LogP contribution in [-0.2, 0) is 6.54 Å². The molecule has 136 valence electrons. The van der Waals surface area contributed by atoms with E-state index in [-0.39, 0.29) is 0 Å². The fourth-order valence-electron chi connectivity index (χ4n) is 3.75. The van der Waals surface area contributed by atoms with E-state index in [0.717, 1.165) is 55.4 Å². The highest BCUT2D eigenvalue weighted by atomic mass is 15.2. The molecule has 1 aliphatic heterocycles. The monoisotopic (exact) mass is 358 g/mol. The summed E-state index contributed by atoms with van der Waals surface area (Å²) in [5, 5.41) is 9.46. The van der Waals surface area contributed by atoms with Gasteiger partial charge in [-0.3, -0.25) is 4.98 Å². The quantitative estimate of drug-likeness (QED) is 0.716. The van der Waals surface area contributed by atoms with Gasteiger partial charge in [0.25, 0.3) is 0 Å². The summed E-state index contributed by atoms with van der Waals surface area (Å²) < 4.78 is 2.21. The molecule has 0 aliphatic carbocycles. The van der Waals surface area contributed by atoms with E-state index in [1.54, 1.807) is 6.20 Å². The van der Waals surface area contributed by atoms with Crippen LogP contribution in [0.3, 0.4) is 0 Å². The van der Waals surface area contributed by atoms with Gasteiger partial charge in [-0.1, -0.05) is 6.07 Å². The molecule has 0 bridgehead atoms. The Hall–Kier alpha value is -3.20. The van der Waals surface area contributed by atoms with Crippen molar-refractivity contribution in [2.24, 2.45) is 0 Å². The van der Waals surface area contributed by atoms with Crippen molar-refractivity contribution in [3.05, 3.63) is 71.7 Å². The van der Waals surface area contributed by atoms with Crippen molar-refractivity contribution in [3.8, 4) is 6.07 Å². The van der Waals surface area contributed by atoms with Crippen LogP contribution in [0.2, 0.25) is 0 Å². The van der Waals surface area contributed by atoms with Gasteiger partial charge >= 0.3 is 0 Å². The second kappa shape index (κ2) is 7.58. The van der Waals surface area contributed by atoms with Crippen LogP contribution >= 0.6 is 0 Å². The molecule has 1 aliphatic rings. The summed E-state index contributed by atoms with van der Waals surface area (Å²) >= 11 is 0. The molecule has 0 N–H and O–H groups in total. The molecule has 3 aromatic rings. The first-order valence-electron chi connectivity index (χ1n) is 9.27. The number of pyridine rings is 2. The number of hydrogen-bond donors (Lipinski definition) is 0. The summed E-state index contributed by atoms with van der Waals surface area (Å²) in [6, 6.07) is 10.1. The molecule has 1 atom stereocenters. The van der Waals surface area contributed by atoms with Crippen molar-refractivity contribution in [2.45, 2.75) is 32.2 Å². The summed E-state index contributed by atoms with van der Waals surface area (Å²) in [6.45, 7) is 4.48. The van der Waals surface area contributed by atoms with E-state index in [4.69, 9.17) is 0 Å². The number of aromatic nitrogens is 4. The number of aryl methyl sites for hydroxylation is 1. The number of nitriles is 1. The Kier molecular flexibility index (Phi) is 4.84. The van der Waals surface area contributed by atoms with Crippen LogP contribution in [0.25, 0.3) is 0 Å². The van der Waals surface area contributed by atoms with Crippen molar-refractivity contribution in [2.75, 3.05) is 18.0 Å². The van der Waals surface area contributed by atoms with E-state index in [1.165, 1.54) is 0 Å². The Labute approximate surface area is 159 Å². The van der Waals surface area contributed by atoms with Gasteiger partial charge in [-0.05, 0) is 43.5 Å². The van der Waals surface area contributed by atoms with Gasteiger partial charge < -0.3 is 9.47 Å². The molecular formula is C21H22N6. The lowest BCUT2D eigenvalue weighted by molar-refractivity contribution is 0.473. The molecule has 0 spiro atoms. The molecule has 0 aromatic carbocycles. The van der Waals surface area contributed by atoms with Gasteiger partial charge in [0.1, 0.15) is 17.7 Å². The highest BCUT2D eigenvalue weighted by Gasteiger charge is 2.27. The minimum atomic E-state index is 0.319. The first-order valence-corrected chi connectivity index (χ1v) is 9.27. The zero-order valence-corrected chi connectivity index (χ0v) is 15.4. The lowest BCUT2D eigenvalue weighted by atomic mass is 9.96. The zero-order chi connectivity index (χ0) is 18.6. The molecule has 27 heavy (non-hydrogen) atoms. The minimum Gasteiger partial charge on any atom is -0.355 e. The third kappa shape index (κ3) is 3.68. The third-order valence-electron chi connectivity index (χ3n) is 5.04. The molecule has 4 rings (SSSR count). The number of imidazole rings is 1. The average molecular weight is 358 g/mol. The molecule has 3 aromatic heterocycles. The smallest absolute Gasteiger partial charge is 0.146 e. The molecular weight excluding hydrogens is 336 g/mol. The summed E-state index contributed by atoms with van der Waals surface area (Å²) in [7, 11) is 0. The maximum atomic E-state index is 9.46. The lowest BCUT2D eigenvalue weighted by Gasteiger charge is -2.34. The Bertz CT molecular complexity index is 956. The Morgan fingerprint density at radius 1 is 1.26 bits per heavy atom. The van der Waals surface area contributed by atoms with Crippen molar-refractivity contribution in [1.29, 1.82) is 5.26 Å². The second-order valence-electron chi connectivity index (χ2n) is 7.00. The molecule has 1 unspecified atom stereocenters. The Morgan fingerprint density at radius 3 is 3.00 bits per heavy atom. The maximum absolute atomic E-state index is 9.46. The summed E-state index contributed by atoms with van der Waals surface area (Å²) in [4.78, 5) is 15.7. The van der Waals surface area contributed by atoms with E-state index in [9.17, 15) is 5.26 Å². The minimum absolute atomic E-state index is 0.319.